The molecule has 0 aliphatic heterocycles. The van der Waals surface area contributed by atoms with E-state index in [0.717, 1.165) is 0 Å². The molecular formula is C16H25. The van der Waals surface area contributed by atoms with E-state index in [1.165, 1.54) is 30.4 Å². The van der Waals surface area contributed by atoms with Crippen LogP contribution in [-0.2, 0) is 11.8 Å². The van der Waals surface area contributed by atoms with Crippen molar-refractivity contribution in [2.24, 2.45) is 0 Å². The van der Waals surface area contributed by atoms with Crippen LogP contribution in [0.1, 0.15) is 57.2 Å². The van der Waals surface area contributed by atoms with E-state index in [1.54, 1.807) is 5.56 Å². The van der Waals surface area contributed by atoms with Crippen molar-refractivity contribution >= 4 is 0 Å². The first kappa shape index (κ1) is 13.3. The molecule has 16 heavy (non-hydrogen) atoms. The van der Waals surface area contributed by atoms with Gasteiger partial charge in [-0.2, -0.15) is 0 Å². The van der Waals surface area contributed by atoms with E-state index >= 15 is 0 Å². The van der Waals surface area contributed by atoms with Crippen molar-refractivity contribution in [1.82, 2.24) is 0 Å². The Morgan fingerprint density at radius 3 is 2.44 bits per heavy atom. The van der Waals surface area contributed by atoms with Crippen LogP contribution >= 0.6 is 0 Å². The van der Waals surface area contributed by atoms with Crippen LogP contribution in [0.2, 0.25) is 0 Å². The van der Waals surface area contributed by atoms with E-state index in [2.05, 4.69) is 59.2 Å². The van der Waals surface area contributed by atoms with Crippen LogP contribution < -0.4 is 0 Å². The SMILES string of the molecule is C[CH]CCCc1c(C)cccc1C(C)(C)C. The molecule has 0 bridgehead atoms. The summed E-state index contributed by atoms with van der Waals surface area (Å²) in [7, 11) is 0. The summed E-state index contributed by atoms with van der Waals surface area (Å²) in [5, 5.41) is 0. The number of unbranched alkanes of at least 4 members (excludes halogenated alkanes) is 2. The van der Waals surface area contributed by atoms with Gasteiger partial charge in [0.1, 0.15) is 0 Å². The van der Waals surface area contributed by atoms with Gasteiger partial charge >= 0.3 is 0 Å². The van der Waals surface area contributed by atoms with Gasteiger partial charge in [0.2, 0.25) is 0 Å². The fourth-order valence-electron chi connectivity index (χ4n) is 2.22. The summed E-state index contributed by atoms with van der Waals surface area (Å²) >= 11 is 0. The molecule has 0 saturated heterocycles. The van der Waals surface area contributed by atoms with Crippen molar-refractivity contribution in [1.29, 1.82) is 0 Å². The topological polar surface area (TPSA) is 0 Å². The predicted molar refractivity (Wildman–Crippen MR) is 72.8 cm³/mol. The average Bonchev–Trinajstić information content (AvgIpc) is 2.19. The zero-order valence-corrected chi connectivity index (χ0v) is 11.4. The van der Waals surface area contributed by atoms with Crippen LogP contribution in [0.5, 0.6) is 0 Å². The molecule has 0 amide bonds. The first-order valence-electron chi connectivity index (χ1n) is 6.33. The van der Waals surface area contributed by atoms with Gasteiger partial charge in [-0.15, -0.1) is 0 Å². The van der Waals surface area contributed by atoms with Gasteiger partial charge in [0.05, 0.1) is 0 Å². The molecule has 0 aliphatic rings. The lowest BCUT2D eigenvalue weighted by atomic mass is 9.81. The van der Waals surface area contributed by atoms with Crippen LogP contribution in [0.3, 0.4) is 0 Å². The molecule has 0 heteroatoms. The molecule has 0 saturated carbocycles. The minimum atomic E-state index is 0.261. The fourth-order valence-corrected chi connectivity index (χ4v) is 2.22. The fraction of sp³-hybridized carbons (Fsp3) is 0.562. The maximum absolute atomic E-state index is 2.30. The summed E-state index contributed by atoms with van der Waals surface area (Å²) in [6.07, 6.45) is 5.96. The van der Waals surface area contributed by atoms with Crippen molar-refractivity contribution in [3.05, 3.63) is 41.3 Å². The first-order valence-corrected chi connectivity index (χ1v) is 6.33. The lowest BCUT2D eigenvalue weighted by Crippen LogP contribution is -2.15. The van der Waals surface area contributed by atoms with Crippen molar-refractivity contribution in [2.45, 2.75) is 59.3 Å². The molecule has 0 aliphatic carbocycles. The highest BCUT2D eigenvalue weighted by molar-refractivity contribution is 5.38. The van der Waals surface area contributed by atoms with Crippen LogP contribution in [0, 0.1) is 13.3 Å². The number of rotatable bonds is 4. The van der Waals surface area contributed by atoms with E-state index < -0.39 is 0 Å². The standard InChI is InChI=1S/C16H25/c1-6-7-8-11-14-13(2)10-9-12-15(14)16(3,4)5/h6,9-10,12H,7-8,11H2,1-5H3. The number of hydrogen-bond acceptors (Lipinski definition) is 0. The van der Waals surface area contributed by atoms with E-state index in [-0.39, 0.29) is 5.41 Å². The summed E-state index contributed by atoms with van der Waals surface area (Å²) in [6, 6.07) is 6.71. The second kappa shape index (κ2) is 5.52. The molecule has 0 atom stereocenters. The highest BCUT2D eigenvalue weighted by Crippen LogP contribution is 2.28. The number of hydrogen-bond donors (Lipinski definition) is 0. The highest BCUT2D eigenvalue weighted by Gasteiger charge is 2.18. The Balaban J connectivity index is 2.95. The van der Waals surface area contributed by atoms with Crippen molar-refractivity contribution in [3.8, 4) is 0 Å². The molecule has 89 valence electrons. The summed E-state index contributed by atoms with van der Waals surface area (Å²) in [5.74, 6) is 0. The second-order valence-corrected chi connectivity index (χ2v) is 5.65. The van der Waals surface area contributed by atoms with E-state index in [9.17, 15) is 0 Å². The smallest absolute Gasteiger partial charge is 0.0129 e. The molecule has 1 aromatic rings. The second-order valence-electron chi connectivity index (χ2n) is 5.65. The Bertz CT molecular complexity index is 328. The Kier molecular flexibility index (Phi) is 4.58. The quantitative estimate of drug-likeness (QED) is 0.633. The maximum Gasteiger partial charge on any atom is -0.0129 e. The molecular weight excluding hydrogens is 192 g/mol. The van der Waals surface area contributed by atoms with Crippen LogP contribution in [0.15, 0.2) is 18.2 Å². The van der Waals surface area contributed by atoms with Gasteiger partial charge in [-0.1, -0.05) is 52.3 Å². The lowest BCUT2D eigenvalue weighted by Gasteiger charge is -2.24. The van der Waals surface area contributed by atoms with Gasteiger partial charge < -0.3 is 0 Å². The first-order chi connectivity index (χ1) is 7.46. The minimum Gasteiger partial charge on any atom is -0.0623 e. The normalized spacial score (nSPS) is 11.8. The van der Waals surface area contributed by atoms with E-state index in [1.807, 2.05) is 0 Å². The molecule has 0 aromatic heterocycles. The maximum atomic E-state index is 2.30. The predicted octanol–water partition coefficient (Wildman–Crippen LogP) is 4.84. The number of aryl methyl sites for hydroxylation is 1. The average molecular weight is 217 g/mol. The Morgan fingerprint density at radius 2 is 1.88 bits per heavy atom. The molecule has 0 fully saturated rings. The zero-order chi connectivity index (χ0) is 12.2. The lowest BCUT2D eigenvalue weighted by molar-refractivity contribution is 0.579. The molecule has 0 unspecified atom stereocenters. The van der Waals surface area contributed by atoms with Crippen molar-refractivity contribution in [3.63, 3.8) is 0 Å². The van der Waals surface area contributed by atoms with Gasteiger partial charge in [-0.3, -0.25) is 0 Å². The largest absolute Gasteiger partial charge is 0.0623 e. The third-order valence-corrected chi connectivity index (χ3v) is 3.14. The highest BCUT2D eigenvalue weighted by atomic mass is 14.2. The molecule has 0 nitrogen and oxygen atoms in total. The van der Waals surface area contributed by atoms with Gasteiger partial charge in [0.15, 0.2) is 0 Å². The van der Waals surface area contributed by atoms with Crippen LogP contribution in [0.25, 0.3) is 0 Å². The van der Waals surface area contributed by atoms with Crippen molar-refractivity contribution in [2.75, 3.05) is 0 Å². The molecule has 1 rings (SSSR count). The summed E-state index contributed by atoms with van der Waals surface area (Å²) in [5.41, 5.74) is 4.79. The van der Waals surface area contributed by atoms with Gasteiger partial charge in [-0.05, 0) is 48.3 Å². The Labute approximate surface area is 101 Å². The van der Waals surface area contributed by atoms with Crippen molar-refractivity contribution < 1.29 is 0 Å². The monoisotopic (exact) mass is 217 g/mol. The molecule has 0 N–H and O–H groups in total. The van der Waals surface area contributed by atoms with Crippen LogP contribution in [-0.4, -0.2) is 0 Å². The Hall–Kier alpha value is -0.780. The summed E-state index contributed by atoms with van der Waals surface area (Å²) in [4.78, 5) is 0. The molecule has 0 spiro atoms. The molecule has 0 heterocycles. The number of benzene rings is 1. The Morgan fingerprint density at radius 1 is 1.19 bits per heavy atom. The minimum absolute atomic E-state index is 0.261. The van der Waals surface area contributed by atoms with E-state index in [4.69, 9.17) is 0 Å². The molecule has 1 aromatic carbocycles. The summed E-state index contributed by atoms with van der Waals surface area (Å²) in [6.45, 7) is 11.3. The summed E-state index contributed by atoms with van der Waals surface area (Å²) < 4.78 is 0. The van der Waals surface area contributed by atoms with Gasteiger partial charge in [0, 0.05) is 0 Å². The third kappa shape index (κ3) is 3.37. The van der Waals surface area contributed by atoms with Gasteiger partial charge in [0.25, 0.3) is 0 Å². The third-order valence-electron chi connectivity index (χ3n) is 3.14. The zero-order valence-electron chi connectivity index (χ0n) is 11.4. The molecule has 1 radical (unpaired) electrons. The van der Waals surface area contributed by atoms with Gasteiger partial charge in [-0.25, -0.2) is 0 Å². The van der Waals surface area contributed by atoms with E-state index in [0.29, 0.717) is 0 Å². The van der Waals surface area contributed by atoms with Crippen LogP contribution in [0.4, 0.5) is 0 Å².